The maximum absolute atomic E-state index is 9.44. The van der Waals surface area contributed by atoms with Gasteiger partial charge in [-0.3, -0.25) is 4.90 Å². The number of hydrogen-bond donors (Lipinski definition) is 1. The van der Waals surface area contributed by atoms with Gasteiger partial charge in [-0.2, -0.15) is 0 Å². The molecule has 0 radical (unpaired) electrons. The van der Waals surface area contributed by atoms with Crippen molar-refractivity contribution < 1.29 is 5.11 Å². The van der Waals surface area contributed by atoms with Crippen molar-refractivity contribution >= 4 is 0 Å². The van der Waals surface area contributed by atoms with Gasteiger partial charge in [-0.15, -0.1) is 0 Å². The predicted octanol–water partition coefficient (Wildman–Crippen LogP) is 3.83. The SMILES string of the molecule is OCc1ccccc1-c1ccc(CN2CCCCC2)cc1. The summed E-state index contributed by atoms with van der Waals surface area (Å²) in [5.74, 6) is 0. The summed E-state index contributed by atoms with van der Waals surface area (Å²) >= 11 is 0. The summed E-state index contributed by atoms with van der Waals surface area (Å²) in [6.45, 7) is 3.61. The number of rotatable bonds is 4. The van der Waals surface area contributed by atoms with Crippen LogP contribution < -0.4 is 0 Å². The Morgan fingerprint density at radius 1 is 0.857 bits per heavy atom. The van der Waals surface area contributed by atoms with E-state index in [9.17, 15) is 5.11 Å². The summed E-state index contributed by atoms with van der Waals surface area (Å²) in [4.78, 5) is 2.54. The lowest BCUT2D eigenvalue weighted by molar-refractivity contribution is 0.221. The minimum Gasteiger partial charge on any atom is -0.392 e. The molecule has 0 aliphatic carbocycles. The monoisotopic (exact) mass is 281 g/mol. The van der Waals surface area contributed by atoms with Gasteiger partial charge in [-0.05, 0) is 48.2 Å². The first-order valence-corrected chi connectivity index (χ1v) is 7.87. The molecule has 0 unspecified atom stereocenters. The Hall–Kier alpha value is -1.64. The van der Waals surface area contributed by atoms with Crippen molar-refractivity contribution in [1.29, 1.82) is 0 Å². The summed E-state index contributed by atoms with van der Waals surface area (Å²) in [5.41, 5.74) is 4.68. The van der Waals surface area contributed by atoms with Gasteiger partial charge in [0, 0.05) is 6.54 Å². The highest BCUT2D eigenvalue weighted by Gasteiger charge is 2.10. The van der Waals surface area contributed by atoms with Crippen molar-refractivity contribution in [2.24, 2.45) is 0 Å². The van der Waals surface area contributed by atoms with Crippen LogP contribution in [0.2, 0.25) is 0 Å². The van der Waals surface area contributed by atoms with Crippen molar-refractivity contribution in [3.63, 3.8) is 0 Å². The third-order valence-corrected chi connectivity index (χ3v) is 4.31. The van der Waals surface area contributed by atoms with Gasteiger partial charge >= 0.3 is 0 Å². The highest BCUT2D eigenvalue weighted by Crippen LogP contribution is 2.24. The zero-order valence-electron chi connectivity index (χ0n) is 12.5. The minimum atomic E-state index is 0.0890. The van der Waals surface area contributed by atoms with Gasteiger partial charge < -0.3 is 5.11 Å². The van der Waals surface area contributed by atoms with E-state index in [1.165, 1.54) is 43.5 Å². The van der Waals surface area contributed by atoms with Crippen LogP contribution >= 0.6 is 0 Å². The standard InChI is InChI=1S/C19H23NO/c21-15-18-6-2-3-7-19(18)17-10-8-16(9-11-17)14-20-12-4-1-5-13-20/h2-3,6-11,21H,1,4-5,12-15H2. The molecule has 1 aliphatic rings. The van der Waals surface area contributed by atoms with Crippen molar-refractivity contribution in [3.05, 3.63) is 59.7 Å². The van der Waals surface area contributed by atoms with E-state index in [-0.39, 0.29) is 6.61 Å². The van der Waals surface area contributed by atoms with Crippen molar-refractivity contribution in [1.82, 2.24) is 4.90 Å². The lowest BCUT2D eigenvalue weighted by Gasteiger charge is -2.26. The molecule has 2 aromatic carbocycles. The topological polar surface area (TPSA) is 23.5 Å². The minimum absolute atomic E-state index is 0.0890. The van der Waals surface area contributed by atoms with E-state index >= 15 is 0 Å². The summed E-state index contributed by atoms with van der Waals surface area (Å²) in [6.07, 6.45) is 4.05. The number of benzene rings is 2. The molecule has 0 amide bonds. The molecule has 2 aromatic rings. The van der Waals surface area contributed by atoms with Crippen LogP contribution in [0.25, 0.3) is 11.1 Å². The molecule has 1 aliphatic heterocycles. The molecule has 0 bridgehead atoms. The van der Waals surface area contributed by atoms with Crippen LogP contribution in [0.4, 0.5) is 0 Å². The maximum Gasteiger partial charge on any atom is 0.0687 e. The molecule has 2 heteroatoms. The van der Waals surface area contributed by atoms with E-state index in [1.807, 2.05) is 18.2 Å². The fraction of sp³-hybridized carbons (Fsp3) is 0.368. The summed E-state index contributed by atoms with van der Waals surface area (Å²) in [6, 6.07) is 16.8. The Bertz CT molecular complexity index is 570. The fourth-order valence-corrected chi connectivity index (χ4v) is 3.11. The molecule has 1 N–H and O–H groups in total. The number of piperidine rings is 1. The summed E-state index contributed by atoms with van der Waals surface area (Å²) in [5, 5.41) is 9.44. The number of aliphatic hydroxyl groups excluding tert-OH is 1. The molecule has 1 heterocycles. The Morgan fingerprint density at radius 3 is 2.29 bits per heavy atom. The Kier molecular flexibility index (Phi) is 4.69. The highest BCUT2D eigenvalue weighted by atomic mass is 16.3. The van der Waals surface area contributed by atoms with Gasteiger partial charge in [0.05, 0.1) is 6.61 Å². The largest absolute Gasteiger partial charge is 0.392 e. The number of hydrogen-bond acceptors (Lipinski definition) is 2. The second kappa shape index (κ2) is 6.88. The van der Waals surface area contributed by atoms with Gasteiger partial charge in [0.1, 0.15) is 0 Å². The van der Waals surface area contributed by atoms with E-state index < -0.39 is 0 Å². The zero-order chi connectivity index (χ0) is 14.5. The van der Waals surface area contributed by atoms with Crippen LogP contribution in [-0.2, 0) is 13.2 Å². The van der Waals surface area contributed by atoms with Crippen molar-refractivity contribution in [2.45, 2.75) is 32.4 Å². The first-order chi connectivity index (χ1) is 10.4. The Balaban J connectivity index is 1.74. The van der Waals surface area contributed by atoms with Crippen molar-refractivity contribution in [3.8, 4) is 11.1 Å². The van der Waals surface area contributed by atoms with Gasteiger partial charge in [0.2, 0.25) is 0 Å². The number of likely N-dealkylation sites (tertiary alicyclic amines) is 1. The maximum atomic E-state index is 9.44. The predicted molar refractivity (Wildman–Crippen MR) is 86.9 cm³/mol. The lowest BCUT2D eigenvalue weighted by atomic mass is 9.99. The van der Waals surface area contributed by atoms with E-state index in [2.05, 4.69) is 35.2 Å². The Morgan fingerprint density at radius 2 is 1.57 bits per heavy atom. The molecular formula is C19H23NO. The quantitative estimate of drug-likeness (QED) is 0.920. The zero-order valence-corrected chi connectivity index (χ0v) is 12.5. The van der Waals surface area contributed by atoms with Crippen molar-refractivity contribution in [2.75, 3.05) is 13.1 Å². The van der Waals surface area contributed by atoms with Crippen LogP contribution in [0.5, 0.6) is 0 Å². The fourth-order valence-electron chi connectivity index (χ4n) is 3.11. The van der Waals surface area contributed by atoms with E-state index in [0.29, 0.717) is 0 Å². The van der Waals surface area contributed by atoms with Gasteiger partial charge in [0.25, 0.3) is 0 Å². The van der Waals surface area contributed by atoms with E-state index in [4.69, 9.17) is 0 Å². The van der Waals surface area contributed by atoms with Gasteiger partial charge in [0.15, 0.2) is 0 Å². The third-order valence-electron chi connectivity index (χ3n) is 4.31. The molecule has 110 valence electrons. The number of nitrogens with zero attached hydrogens (tertiary/aromatic N) is 1. The smallest absolute Gasteiger partial charge is 0.0687 e. The average molecular weight is 281 g/mol. The first kappa shape index (κ1) is 14.3. The molecule has 2 nitrogen and oxygen atoms in total. The van der Waals surface area contributed by atoms with Crippen LogP contribution in [0.1, 0.15) is 30.4 Å². The molecule has 1 fully saturated rings. The highest BCUT2D eigenvalue weighted by molar-refractivity contribution is 5.67. The van der Waals surface area contributed by atoms with Gasteiger partial charge in [-0.25, -0.2) is 0 Å². The normalized spacial score (nSPS) is 16.0. The van der Waals surface area contributed by atoms with Crippen LogP contribution in [-0.4, -0.2) is 23.1 Å². The molecule has 0 aromatic heterocycles. The van der Waals surface area contributed by atoms with E-state index in [0.717, 1.165) is 17.7 Å². The van der Waals surface area contributed by atoms with Crippen LogP contribution in [0.3, 0.4) is 0 Å². The summed E-state index contributed by atoms with van der Waals surface area (Å²) in [7, 11) is 0. The van der Waals surface area contributed by atoms with Gasteiger partial charge in [-0.1, -0.05) is 55.0 Å². The molecule has 0 saturated carbocycles. The molecular weight excluding hydrogens is 258 g/mol. The van der Waals surface area contributed by atoms with E-state index in [1.54, 1.807) is 0 Å². The Labute approximate surface area is 127 Å². The first-order valence-electron chi connectivity index (χ1n) is 7.87. The van der Waals surface area contributed by atoms with Crippen LogP contribution in [0, 0.1) is 0 Å². The average Bonchev–Trinajstić information content (AvgIpc) is 2.56. The summed E-state index contributed by atoms with van der Waals surface area (Å²) < 4.78 is 0. The lowest BCUT2D eigenvalue weighted by Crippen LogP contribution is -2.28. The molecule has 21 heavy (non-hydrogen) atoms. The molecule has 1 saturated heterocycles. The van der Waals surface area contributed by atoms with Crippen LogP contribution in [0.15, 0.2) is 48.5 Å². The number of aliphatic hydroxyl groups is 1. The molecule has 0 spiro atoms. The second-order valence-corrected chi connectivity index (χ2v) is 5.85. The third kappa shape index (κ3) is 3.52. The second-order valence-electron chi connectivity index (χ2n) is 5.85. The molecule has 3 rings (SSSR count). The molecule has 0 atom stereocenters.